The van der Waals surface area contributed by atoms with Crippen LogP contribution in [-0.4, -0.2) is 30.1 Å². The lowest BCUT2D eigenvalue weighted by Crippen LogP contribution is -2.50. The van der Waals surface area contributed by atoms with Crippen molar-refractivity contribution in [1.29, 1.82) is 0 Å². The van der Waals surface area contributed by atoms with Gasteiger partial charge in [-0.1, -0.05) is 0 Å². The van der Waals surface area contributed by atoms with Crippen molar-refractivity contribution >= 4 is 11.7 Å². The highest BCUT2D eigenvalue weighted by Gasteiger charge is 2.31. The van der Waals surface area contributed by atoms with Crippen molar-refractivity contribution in [2.45, 2.75) is 26.3 Å². The third-order valence-electron chi connectivity index (χ3n) is 2.87. The molecule has 1 rings (SSSR count). The molecule has 1 aromatic carbocycles. The summed E-state index contributed by atoms with van der Waals surface area (Å²) in [5, 5.41) is 10.9. The lowest BCUT2D eigenvalue weighted by molar-refractivity contribution is -0.385. The lowest BCUT2D eigenvalue weighted by atomic mass is 10.1. The largest absolute Gasteiger partial charge is 0.491 e. The summed E-state index contributed by atoms with van der Waals surface area (Å²) < 4.78 is 10.0. The predicted octanol–water partition coefficient (Wildman–Crippen LogP) is 1.48. The number of carbonyl (C=O) groups excluding carboxylic acids is 1. The molecular formula is C13H18N2O5. The van der Waals surface area contributed by atoms with Gasteiger partial charge in [-0.2, -0.15) is 0 Å². The van der Waals surface area contributed by atoms with Gasteiger partial charge in [0.15, 0.2) is 0 Å². The summed E-state index contributed by atoms with van der Waals surface area (Å²) in [6.45, 7) is 4.74. The number of nitro groups is 1. The Morgan fingerprint density at radius 2 is 2.00 bits per heavy atom. The SMILES string of the molecule is COC(=O)C(C)(N)COc1cc([N+](=O)[O-])c(C)cc1C. The molecule has 7 heteroatoms. The van der Waals surface area contributed by atoms with Gasteiger partial charge in [0.25, 0.3) is 5.69 Å². The van der Waals surface area contributed by atoms with Crippen LogP contribution in [-0.2, 0) is 9.53 Å². The summed E-state index contributed by atoms with van der Waals surface area (Å²) in [7, 11) is 1.23. The minimum Gasteiger partial charge on any atom is -0.491 e. The van der Waals surface area contributed by atoms with E-state index in [0.29, 0.717) is 11.3 Å². The van der Waals surface area contributed by atoms with Gasteiger partial charge in [0, 0.05) is 5.56 Å². The Bertz CT molecular complexity index is 540. The van der Waals surface area contributed by atoms with Crippen molar-refractivity contribution in [3.63, 3.8) is 0 Å². The monoisotopic (exact) mass is 282 g/mol. The van der Waals surface area contributed by atoms with E-state index in [4.69, 9.17) is 10.5 Å². The van der Waals surface area contributed by atoms with E-state index in [-0.39, 0.29) is 12.3 Å². The smallest absolute Gasteiger partial charge is 0.329 e. The molecule has 0 aliphatic heterocycles. The van der Waals surface area contributed by atoms with Crippen LogP contribution in [0.3, 0.4) is 0 Å². The summed E-state index contributed by atoms with van der Waals surface area (Å²) in [5.74, 6) is -0.292. The zero-order valence-electron chi connectivity index (χ0n) is 11.9. The summed E-state index contributed by atoms with van der Waals surface area (Å²) in [6, 6.07) is 2.98. The Morgan fingerprint density at radius 3 is 2.50 bits per heavy atom. The fraction of sp³-hybridized carbons (Fsp3) is 0.462. The summed E-state index contributed by atoms with van der Waals surface area (Å²) in [5.41, 5.74) is 5.68. The van der Waals surface area contributed by atoms with Gasteiger partial charge in [-0.15, -0.1) is 0 Å². The predicted molar refractivity (Wildman–Crippen MR) is 72.7 cm³/mol. The quantitative estimate of drug-likeness (QED) is 0.498. The van der Waals surface area contributed by atoms with Gasteiger partial charge in [-0.25, -0.2) is 4.79 Å². The highest BCUT2D eigenvalue weighted by Crippen LogP contribution is 2.28. The zero-order valence-corrected chi connectivity index (χ0v) is 11.9. The maximum Gasteiger partial charge on any atom is 0.329 e. The van der Waals surface area contributed by atoms with Gasteiger partial charge in [-0.05, 0) is 32.4 Å². The number of hydrogen-bond donors (Lipinski definition) is 1. The Labute approximate surface area is 116 Å². The Morgan fingerprint density at radius 1 is 1.40 bits per heavy atom. The molecule has 110 valence electrons. The van der Waals surface area contributed by atoms with Crippen LogP contribution in [0.5, 0.6) is 5.75 Å². The number of rotatable bonds is 5. The van der Waals surface area contributed by atoms with Gasteiger partial charge in [0.1, 0.15) is 17.9 Å². The van der Waals surface area contributed by atoms with Crippen molar-refractivity contribution in [2.24, 2.45) is 5.73 Å². The van der Waals surface area contributed by atoms with E-state index in [2.05, 4.69) is 4.74 Å². The van der Waals surface area contributed by atoms with E-state index in [9.17, 15) is 14.9 Å². The van der Waals surface area contributed by atoms with Crippen LogP contribution in [0, 0.1) is 24.0 Å². The minimum absolute atomic E-state index is 0.0395. The molecular weight excluding hydrogens is 264 g/mol. The highest BCUT2D eigenvalue weighted by molar-refractivity contribution is 5.80. The maximum absolute atomic E-state index is 11.4. The van der Waals surface area contributed by atoms with Crippen molar-refractivity contribution in [1.82, 2.24) is 0 Å². The van der Waals surface area contributed by atoms with E-state index >= 15 is 0 Å². The molecule has 0 spiro atoms. The van der Waals surface area contributed by atoms with E-state index in [1.165, 1.54) is 20.1 Å². The molecule has 1 atom stereocenters. The second-order valence-corrected chi connectivity index (χ2v) is 4.86. The Kier molecular flexibility index (Phi) is 4.67. The molecule has 0 amide bonds. The first-order valence-electron chi connectivity index (χ1n) is 5.94. The lowest BCUT2D eigenvalue weighted by Gasteiger charge is -2.22. The number of nitrogens with zero attached hydrogens (tertiary/aromatic N) is 1. The number of aryl methyl sites for hydroxylation is 2. The number of nitrogens with two attached hydrogens (primary N) is 1. The molecule has 0 saturated carbocycles. The van der Waals surface area contributed by atoms with Gasteiger partial charge in [0.2, 0.25) is 0 Å². The molecule has 0 saturated heterocycles. The fourth-order valence-corrected chi connectivity index (χ4v) is 1.69. The molecule has 0 heterocycles. The van der Waals surface area contributed by atoms with Crippen molar-refractivity contribution < 1.29 is 19.2 Å². The van der Waals surface area contributed by atoms with E-state index in [1.807, 2.05) is 0 Å². The molecule has 0 fully saturated rings. The van der Waals surface area contributed by atoms with Crippen LogP contribution in [0.4, 0.5) is 5.69 Å². The summed E-state index contributed by atoms with van der Waals surface area (Å²) in [6.07, 6.45) is 0. The number of methoxy groups -OCH3 is 1. The van der Waals surface area contributed by atoms with Crippen molar-refractivity contribution in [3.8, 4) is 5.75 Å². The number of nitro benzene ring substituents is 1. The molecule has 20 heavy (non-hydrogen) atoms. The van der Waals surface area contributed by atoms with Gasteiger partial charge in [0.05, 0.1) is 18.1 Å². The average molecular weight is 282 g/mol. The molecule has 0 bridgehead atoms. The van der Waals surface area contributed by atoms with Crippen molar-refractivity contribution in [2.75, 3.05) is 13.7 Å². The molecule has 7 nitrogen and oxygen atoms in total. The van der Waals surface area contributed by atoms with Gasteiger partial charge >= 0.3 is 5.97 Å². The van der Waals surface area contributed by atoms with Crippen LogP contribution in [0.25, 0.3) is 0 Å². The summed E-state index contributed by atoms with van der Waals surface area (Å²) in [4.78, 5) is 21.8. The van der Waals surface area contributed by atoms with Crippen LogP contribution >= 0.6 is 0 Å². The van der Waals surface area contributed by atoms with Crippen LogP contribution in [0.15, 0.2) is 12.1 Å². The van der Waals surface area contributed by atoms with Gasteiger partial charge in [-0.3, -0.25) is 10.1 Å². The standard InChI is InChI=1S/C13H18N2O5/c1-8-5-9(2)11(6-10(8)15(17)18)20-7-13(3,14)12(16)19-4/h5-6H,7,14H2,1-4H3. The number of ether oxygens (including phenoxy) is 2. The minimum atomic E-state index is -1.32. The molecule has 0 aliphatic carbocycles. The molecule has 1 aromatic rings. The Balaban J connectivity index is 2.96. The molecule has 0 radical (unpaired) electrons. The van der Waals surface area contributed by atoms with E-state index in [1.54, 1.807) is 19.9 Å². The molecule has 0 aromatic heterocycles. The summed E-state index contributed by atoms with van der Waals surface area (Å²) >= 11 is 0. The third-order valence-corrected chi connectivity index (χ3v) is 2.87. The number of benzene rings is 1. The maximum atomic E-state index is 11.4. The van der Waals surface area contributed by atoms with Gasteiger partial charge < -0.3 is 15.2 Å². The van der Waals surface area contributed by atoms with E-state index in [0.717, 1.165) is 5.56 Å². The zero-order chi connectivity index (χ0) is 15.5. The van der Waals surface area contributed by atoms with Crippen LogP contribution in [0.2, 0.25) is 0 Å². The second-order valence-electron chi connectivity index (χ2n) is 4.86. The molecule has 0 aliphatic rings. The average Bonchev–Trinajstić information content (AvgIpc) is 2.36. The second kappa shape index (κ2) is 5.87. The first kappa shape index (κ1) is 15.9. The normalized spacial score (nSPS) is 13.4. The topological polar surface area (TPSA) is 105 Å². The molecule has 2 N–H and O–H groups in total. The Hall–Kier alpha value is -2.15. The molecule has 1 unspecified atom stereocenters. The number of hydrogen-bond acceptors (Lipinski definition) is 6. The number of esters is 1. The first-order valence-corrected chi connectivity index (χ1v) is 5.94. The highest BCUT2D eigenvalue weighted by atomic mass is 16.6. The first-order chi connectivity index (χ1) is 9.19. The van der Waals surface area contributed by atoms with Crippen LogP contribution in [0.1, 0.15) is 18.1 Å². The van der Waals surface area contributed by atoms with Crippen molar-refractivity contribution in [3.05, 3.63) is 33.4 Å². The van der Waals surface area contributed by atoms with Crippen LogP contribution < -0.4 is 10.5 Å². The fourth-order valence-electron chi connectivity index (χ4n) is 1.69. The van der Waals surface area contributed by atoms with E-state index < -0.39 is 16.4 Å². The number of carbonyl (C=O) groups is 1. The third kappa shape index (κ3) is 3.45.